The number of halogens is 3. The first-order valence-corrected chi connectivity index (χ1v) is 7.63. The molecule has 1 saturated heterocycles. The summed E-state index contributed by atoms with van der Waals surface area (Å²) in [5.74, 6) is -0.0177. The lowest BCUT2D eigenvalue weighted by atomic mass is 9.92. The van der Waals surface area contributed by atoms with Crippen molar-refractivity contribution in [2.75, 3.05) is 13.2 Å². The molecule has 0 bridgehead atoms. The average Bonchev–Trinajstić information content (AvgIpc) is 2.88. The van der Waals surface area contributed by atoms with Gasteiger partial charge in [-0.3, -0.25) is 4.79 Å². The van der Waals surface area contributed by atoms with Gasteiger partial charge in [0, 0.05) is 18.5 Å². The number of amides is 1. The number of hydrogen-bond donors (Lipinski definition) is 2. The lowest BCUT2D eigenvalue weighted by Gasteiger charge is -2.30. The molecule has 0 aromatic heterocycles. The maximum Gasteiger partial charge on any atom is 0.411 e. The number of rotatable bonds is 5. The van der Waals surface area contributed by atoms with Gasteiger partial charge in [-0.2, -0.15) is 13.2 Å². The predicted molar refractivity (Wildman–Crippen MR) is 71.8 cm³/mol. The van der Waals surface area contributed by atoms with Crippen molar-refractivity contribution in [1.82, 2.24) is 10.6 Å². The number of alkyl halides is 3. The van der Waals surface area contributed by atoms with Crippen LogP contribution in [0.5, 0.6) is 0 Å². The van der Waals surface area contributed by atoms with E-state index in [0.717, 1.165) is 32.2 Å². The highest BCUT2D eigenvalue weighted by Crippen LogP contribution is 2.24. The number of carbonyl (C=O) groups is 1. The van der Waals surface area contributed by atoms with E-state index >= 15 is 0 Å². The first-order chi connectivity index (χ1) is 9.92. The van der Waals surface area contributed by atoms with Crippen LogP contribution >= 0.6 is 0 Å². The van der Waals surface area contributed by atoms with Gasteiger partial charge in [-0.05, 0) is 45.1 Å². The highest BCUT2D eigenvalue weighted by molar-refractivity contribution is 5.76. The zero-order valence-electron chi connectivity index (χ0n) is 12.0. The minimum absolute atomic E-state index is 0.0177. The van der Waals surface area contributed by atoms with Gasteiger partial charge in [0.2, 0.25) is 5.91 Å². The SMILES string of the molecule is O=C(CC1CCCN1)NC1CCCC(OCC(F)(F)F)C1. The van der Waals surface area contributed by atoms with E-state index in [-0.39, 0.29) is 18.0 Å². The van der Waals surface area contributed by atoms with Gasteiger partial charge in [0.05, 0.1) is 6.10 Å². The zero-order valence-corrected chi connectivity index (χ0v) is 12.0. The molecular weight excluding hydrogens is 285 g/mol. The van der Waals surface area contributed by atoms with Gasteiger partial charge in [-0.25, -0.2) is 0 Å². The summed E-state index contributed by atoms with van der Waals surface area (Å²) < 4.78 is 41.3. The Morgan fingerprint density at radius 3 is 2.71 bits per heavy atom. The second-order valence-electron chi connectivity index (χ2n) is 5.98. The molecule has 2 rings (SSSR count). The van der Waals surface area contributed by atoms with Crippen LogP contribution in [0.25, 0.3) is 0 Å². The Labute approximate surface area is 122 Å². The summed E-state index contributed by atoms with van der Waals surface area (Å²) in [5, 5.41) is 6.19. The molecule has 2 fully saturated rings. The first-order valence-electron chi connectivity index (χ1n) is 7.63. The highest BCUT2D eigenvalue weighted by Gasteiger charge is 2.31. The molecule has 1 heterocycles. The summed E-state index contributed by atoms with van der Waals surface area (Å²) in [4.78, 5) is 11.9. The first kappa shape index (κ1) is 16.5. The summed E-state index contributed by atoms with van der Waals surface area (Å²) >= 11 is 0. The molecule has 122 valence electrons. The molecular formula is C14H23F3N2O2. The molecule has 1 saturated carbocycles. The Balaban J connectivity index is 1.69. The van der Waals surface area contributed by atoms with E-state index in [1.807, 2.05) is 0 Å². The van der Waals surface area contributed by atoms with E-state index in [1.165, 1.54) is 0 Å². The van der Waals surface area contributed by atoms with Crippen LogP contribution in [0.2, 0.25) is 0 Å². The van der Waals surface area contributed by atoms with Crippen molar-refractivity contribution in [2.24, 2.45) is 0 Å². The zero-order chi connectivity index (χ0) is 15.3. The van der Waals surface area contributed by atoms with E-state index in [9.17, 15) is 18.0 Å². The topological polar surface area (TPSA) is 50.4 Å². The van der Waals surface area contributed by atoms with Crippen molar-refractivity contribution in [3.63, 3.8) is 0 Å². The highest BCUT2D eigenvalue weighted by atomic mass is 19.4. The predicted octanol–water partition coefficient (Wildman–Crippen LogP) is 2.13. The van der Waals surface area contributed by atoms with Gasteiger partial charge < -0.3 is 15.4 Å². The molecule has 1 aliphatic carbocycles. The quantitative estimate of drug-likeness (QED) is 0.818. The van der Waals surface area contributed by atoms with Crippen LogP contribution in [0, 0.1) is 0 Å². The molecule has 2 N–H and O–H groups in total. The van der Waals surface area contributed by atoms with E-state index in [2.05, 4.69) is 10.6 Å². The van der Waals surface area contributed by atoms with Gasteiger partial charge >= 0.3 is 6.18 Å². The summed E-state index contributed by atoms with van der Waals surface area (Å²) in [6, 6.07) is 0.178. The van der Waals surface area contributed by atoms with Gasteiger partial charge in [0.25, 0.3) is 0 Å². The molecule has 0 radical (unpaired) electrons. The molecule has 2 aliphatic rings. The third kappa shape index (κ3) is 6.22. The van der Waals surface area contributed by atoms with Gasteiger partial charge in [-0.15, -0.1) is 0 Å². The third-order valence-electron chi connectivity index (χ3n) is 4.07. The third-order valence-corrected chi connectivity index (χ3v) is 4.07. The maximum absolute atomic E-state index is 12.1. The van der Waals surface area contributed by atoms with E-state index in [0.29, 0.717) is 19.3 Å². The number of carbonyl (C=O) groups excluding carboxylic acids is 1. The normalized spacial score (nSPS) is 30.3. The fourth-order valence-electron chi connectivity index (χ4n) is 3.08. The van der Waals surface area contributed by atoms with Crippen LogP contribution in [0.1, 0.15) is 44.9 Å². The van der Waals surface area contributed by atoms with Crippen molar-refractivity contribution in [2.45, 2.75) is 69.3 Å². The van der Waals surface area contributed by atoms with Crippen LogP contribution < -0.4 is 10.6 Å². The molecule has 1 aliphatic heterocycles. The van der Waals surface area contributed by atoms with Crippen molar-refractivity contribution >= 4 is 5.91 Å². The fraction of sp³-hybridized carbons (Fsp3) is 0.929. The minimum atomic E-state index is -4.29. The van der Waals surface area contributed by atoms with Crippen molar-refractivity contribution in [1.29, 1.82) is 0 Å². The smallest absolute Gasteiger partial charge is 0.369 e. The Bertz CT molecular complexity index is 344. The Morgan fingerprint density at radius 2 is 2.05 bits per heavy atom. The summed E-state index contributed by atoms with van der Waals surface area (Å²) in [6.07, 6.45) is 0.562. The molecule has 21 heavy (non-hydrogen) atoms. The molecule has 4 nitrogen and oxygen atoms in total. The average molecular weight is 308 g/mol. The van der Waals surface area contributed by atoms with Gasteiger partial charge in [-0.1, -0.05) is 0 Å². The summed E-state index contributed by atoms with van der Waals surface area (Å²) in [5.41, 5.74) is 0. The molecule has 0 spiro atoms. The molecule has 0 aromatic rings. The second kappa shape index (κ2) is 7.45. The Hall–Kier alpha value is -0.820. The van der Waals surface area contributed by atoms with E-state index < -0.39 is 18.9 Å². The van der Waals surface area contributed by atoms with E-state index in [4.69, 9.17) is 4.74 Å². The van der Waals surface area contributed by atoms with Gasteiger partial charge in [0.1, 0.15) is 6.61 Å². The molecule has 3 atom stereocenters. The number of hydrogen-bond acceptors (Lipinski definition) is 3. The standard InChI is InChI=1S/C14H23F3N2O2/c15-14(16,17)9-21-12-5-1-3-11(7-12)19-13(20)8-10-4-2-6-18-10/h10-12,18H,1-9H2,(H,19,20). The minimum Gasteiger partial charge on any atom is -0.369 e. The van der Waals surface area contributed by atoms with Crippen molar-refractivity contribution in [3.8, 4) is 0 Å². The van der Waals surface area contributed by atoms with Crippen LogP contribution in [-0.2, 0) is 9.53 Å². The van der Waals surface area contributed by atoms with Gasteiger partial charge in [0.15, 0.2) is 0 Å². The van der Waals surface area contributed by atoms with Crippen LogP contribution in [-0.4, -0.2) is 43.4 Å². The molecule has 7 heteroatoms. The summed E-state index contributed by atoms with van der Waals surface area (Å²) in [7, 11) is 0. The van der Waals surface area contributed by atoms with Crippen molar-refractivity contribution < 1.29 is 22.7 Å². The largest absolute Gasteiger partial charge is 0.411 e. The van der Waals surface area contributed by atoms with Crippen LogP contribution in [0.4, 0.5) is 13.2 Å². The molecule has 1 amide bonds. The molecule has 0 aromatic carbocycles. The molecule has 3 unspecified atom stereocenters. The van der Waals surface area contributed by atoms with Crippen LogP contribution in [0.15, 0.2) is 0 Å². The monoisotopic (exact) mass is 308 g/mol. The summed E-state index contributed by atoms with van der Waals surface area (Å²) in [6.45, 7) is -0.251. The maximum atomic E-state index is 12.1. The second-order valence-corrected chi connectivity index (χ2v) is 5.98. The van der Waals surface area contributed by atoms with Crippen LogP contribution in [0.3, 0.4) is 0 Å². The van der Waals surface area contributed by atoms with E-state index in [1.54, 1.807) is 0 Å². The lowest BCUT2D eigenvalue weighted by molar-refractivity contribution is -0.188. The van der Waals surface area contributed by atoms with Crippen molar-refractivity contribution in [3.05, 3.63) is 0 Å². The number of nitrogens with one attached hydrogen (secondary N) is 2. The fourth-order valence-corrected chi connectivity index (χ4v) is 3.08. The lowest BCUT2D eigenvalue weighted by Crippen LogP contribution is -2.42. The Kier molecular flexibility index (Phi) is 5.87. The number of ether oxygens (including phenoxy) is 1. The Morgan fingerprint density at radius 1 is 1.24 bits per heavy atom.